The maximum absolute atomic E-state index is 10.7. The number of rotatable bonds is 2. The molecule has 90 valence electrons. The van der Waals surface area contributed by atoms with Crippen molar-refractivity contribution in [2.45, 2.75) is 44.1 Å². The molecule has 0 radical (unpaired) electrons. The first-order chi connectivity index (χ1) is 8.25. The van der Waals surface area contributed by atoms with Crippen LogP contribution in [0.5, 0.6) is 0 Å². The fraction of sp³-hybridized carbons (Fsp3) is 0.625. The predicted molar refractivity (Wildman–Crippen MR) is 67.8 cm³/mol. The normalized spacial score (nSPS) is 46.0. The van der Waals surface area contributed by atoms with Crippen molar-refractivity contribution >= 4 is 0 Å². The molecule has 2 saturated carbocycles. The standard InChI is InChI=1S/C16H20O/c1-2-11-9-16(11,17)15-13-8-7-10-5-3-4-6-12(10)14(13)15/h3-6,11,13-15,17H,2,7-9H2,1H3. The van der Waals surface area contributed by atoms with Gasteiger partial charge in [0.15, 0.2) is 0 Å². The molecule has 0 aliphatic heterocycles. The van der Waals surface area contributed by atoms with Crippen molar-refractivity contribution in [1.29, 1.82) is 0 Å². The highest BCUT2D eigenvalue weighted by Gasteiger charge is 2.70. The number of fused-ring (bicyclic) bond motifs is 3. The maximum Gasteiger partial charge on any atom is 0.0717 e. The van der Waals surface area contributed by atoms with Crippen LogP contribution in [-0.2, 0) is 6.42 Å². The average Bonchev–Trinajstić information content (AvgIpc) is 3.22. The molecule has 1 aromatic rings. The summed E-state index contributed by atoms with van der Waals surface area (Å²) in [4.78, 5) is 0. The lowest BCUT2D eigenvalue weighted by atomic mass is 9.92. The second-order valence-corrected chi connectivity index (χ2v) is 6.25. The Morgan fingerprint density at radius 2 is 2.18 bits per heavy atom. The number of benzene rings is 1. The van der Waals surface area contributed by atoms with Gasteiger partial charge in [-0.3, -0.25) is 0 Å². The highest BCUT2D eigenvalue weighted by atomic mass is 16.3. The molecule has 0 bridgehead atoms. The molecule has 0 amide bonds. The number of hydrogen-bond donors (Lipinski definition) is 1. The number of aryl methyl sites for hydroxylation is 1. The van der Waals surface area contributed by atoms with Crippen LogP contribution in [0.1, 0.15) is 43.2 Å². The number of hydrogen-bond acceptors (Lipinski definition) is 1. The Morgan fingerprint density at radius 3 is 2.94 bits per heavy atom. The largest absolute Gasteiger partial charge is 0.389 e. The van der Waals surface area contributed by atoms with E-state index in [4.69, 9.17) is 0 Å². The Hall–Kier alpha value is -0.820. The molecule has 3 aliphatic rings. The molecule has 2 fully saturated rings. The molecule has 3 aliphatic carbocycles. The van der Waals surface area contributed by atoms with Crippen LogP contribution in [-0.4, -0.2) is 10.7 Å². The van der Waals surface area contributed by atoms with Crippen LogP contribution in [0, 0.1) is 17.8 Å². The molecule has 17 heavy (non-hydrogen) atoms. The molecule has 5 atom stereocenters. The first-order valence-corrected chi connectivity index (χ1v) is 7.06. The summed E-state index contributed by atoms with van der Waals surface area (Å²) in [5, 5.41) is 10.7. The van der Waals surface area contributed by atoms with Crippen molar-refractivity contribution in [3.8, 4) is 0 Å². The molecule has 1 heteroatoms. The van der Waals surface area contributed by atoms with Gasteiger partial charge in [0.1, 0.15) is 0 Å². The van der Waals surface area contributed by atoms with Gasteiger partial charge in [-0.25, -0.2) is 0 Å². The summed E-state index contributed by atoms with van der Waals surface area (Å²) in [7, 11) is 0. The van der Waals surface area contributed by atoms with Crippen LogP contribution in [0.25, 0.3) is 0 Å². The van der Waals surface area contributed by atoms with E-state index < -0.39 is 0 Å². The van der Waals surface area contributed by atoms with Gasteiger partial charge in [-0.15, -0.1) is 0 Å². The minimum absolute atomic E-state index is 0.290. The van der Waals surface area contributed by atoms with E-state index in [1.54, 1.807) is 5.56 Å². The van der Waals surface area contributed by atoms with Crippen LogP contribution in [0.2, 0.25) is 0 Å². The summed E-state index contributed by atoms with van der Waals surface area (Å²) < 4.78 is 0. The Kier molecular flexibility index (Phi) is 1.87. The van der Waals surface area contributed by atoms with Crippen molar-refractivity contribution in [3.63, 3.8) is 0 Å². The minimum Gasteiger partial charge on any atom is -0.389 e. The van der Waals surface area contributed by atoms with Crippen LogP contribution < -0.4 is 0 Å². The summed E-state index contributed by atoms with van der Waals surface area (Å²) in [6, 6.07) is 8.87. The third kappa shape index (κ3) is 1.24. The Morgan fingerprint density at radius 1 is 1.35 bits per heavy atom. The molecular formula is C16H20O. The second kappa shape index (κ2) is 3.14. The molecule has 1 N–H and O–H groups in total. The van der Waals surface area contributed by atoms with E-state index >= 15 is 0 Å². The van der Waals surface area contributed by atoms with Crippen LogP contribution >= 0.6 is 0 Å². The van der Waals surface area contributed by atoms with Crippen molar-refractivity contribution in [1.82, 2.24) is 0 Å². The summed E-state index contributed by atoms with van der Waals surface area (Å²) in [5.74, 6) is 2.63. The fourth-order valence-electron chi connectivity index (χ4n) is 4.49. The van der Waals surface area contributed by atoms with Gasteiger partial charge in [-0.1, -0.05) is 37.6 Å². The van der Waals surface area contributed by atoms with E-state index in [9.17, 15) is 5.11 Å². The number of aliphatic hydroxyl groups is 1. The Labute approximate surface area is 103 Å². The smallest absolute Gasteiger partial charge is 0.0717 e. The maximum atomic E-state index is 10.7. The van der Waals surface area contributed by atoms with Crippen molar-refractivity contribution in [2.24, 2.45) is 17.8 Å². The first kappa shape index (κ1) is 10.1. The lowest BCUT2D eigenvalue weighted by Crippen LogP contribution is -2.15. The van der Waals surface area contributed by atoms with Crippen LogP contribution in [0.15, 0.2) is 24.3 Å². The van der Waals surface area contributed by atoms with Crippen molar-refractivity contribution in [3.05, 3.63) is 35.4 Å². The quantitative estimate of drug-likeness (QED) is 0.824. The van der Waals surface area contributed by atoms with Gasteiger partial charge >= 0.3 is 0 Å². The van der Waals surface area contributed by atoms with Gasteiger partial charge < -0.3 is 5.11 Å². The zero-order valence-corrected chi connectivity index (χ0v) is 10.4. The molecule has 1 nitrogen and oxygen atoms in total. The highest BCUT2D eigenvalue weighted by molar-refractivity contribution is 5.42. The van der Waals surface area contributed by atoms with Gasteiger partial charge in [0.05, 0.1) is 5.60 Å². The Bertz CT molecular complexity index is 466. The zero-order valence-electron chi connectivity index (χ0n) is 10.4. The molecule has 0 saturated heterocycles. The topological polar surface area (TPSA) is 20.2 Å². The van der Waals surface area contributed by atoms with E-state index in [-0.39, 0.29) is 5.60 Å². The predicted octanol–water partition coefficient (Wildman–Crippen LogP) is 3.12. The van der Waals surface area contributed by atoms with Gasteiger partial charge in [0.2, 0.25) is 0 Å². The van der Waals surface area contributed by atoms with Gasteiger partial charge in [-0.2, -0.15) is 0 Å². The Balaban J connectivity index is 1.65. The lowest BCUT2D eigenvalue weighted by Gasteiger charge is -2.13. The third-order valence-electron chi connectivity index (χ3n) is 5.52. The summed E-state index contributed by atoms with van der Waals surface area (Å²) in [6.07, 6.45) is 4.73. The van der Waals surface area contributed by atoms with Crippen LogP contribution in [0.3, 0.4) is 0 Å². The third-order valence-corrected chi connectivity index (χ3v) is 5.52. The molecule has 4 rings (SSSR count). The van der Waals surface area contributed by atoms with Gasteiger partial charge in [0.25, 0.3) is 0 Å². The molecule has 1 aromatic carbocycles. The molecule has 5 unspecified atom stereocenters. The molecule has 0 spiro atoms. The van der Waals surface area contributed by atoms with Gasteiger partial charge in [-0.05, 0) is 54.1 Å². The first-order valence-electron chi connectivity index (χ1n) is 7.06. The lowest BCUT2D eigenvalue weighted by molar-refractivity contribution is 0.0981. The van der Waals surface area contributed by atoms with E-state index in [1.165, 1.54) is 18.4 Å². The molecule has 0 heterocycles. The summed E-state index contributed by atoms with van der Waals surface area (Å²) in [5.41, 5.74) is 2.79. The van der Waals surface area contributed by atoms with Crippen LogP contribution in [0.4, 0.5) is 0 Å². The summed E-state index contributed by atoms with van der Waals surface area (Å²) in [6.45, 7) is 2.21. The van der Waals surface area contributed by atoms with E-state index in [2.05, 4.69) is 31.2 Å². The minimum atomic E-state index is -0.290. The monoisotopic (exact) mass is 228 g/mol. The zero-order chi connectivity index (χ0) is 11.6. The fourth-order valence-corrected chi connectivity index (χ4v) is 4.49. The second-order valence-electron chi connectivity index (χ2n) is 6.25. The molecular weight excluding hydrogens is 208 g/mol. The average molecular weight is 228 g/mol. The van der Waals surface area contributed by atoms with Gasteiger partial charge in [0, 0.05) is 0 Å². The van der Waals surface area contributed by atoms with Crippen molar-refractivity contribution < 1.29 is 5.11 Å². The van der Waals surface area contributed by atoms with E-state index in [0.717, 1.165) is 18.8 Å². The van der Waals surface area contributed by atoms with Crippen molar-refractivity contribution in [2.75, 3.05) is 0 Å². The SMILES string of the molecule is CCC1CC1(O)C1C2CCc3ccccc3C21. The van der Waals surface area contributed by atoms with E-state index in [1.807, 2.05) is 0 Å². The highest BCUT2D eigenvalue weighted by Crippen LogP contribution is 2.71. The summed E-state index contributed by atoms with van der Waals surface area (Å²) >= 11 is 0. The molecule has 0 aromatic heterocycles. The van der Waals surface area contributed by atoms with E-state index in [0.29, 0.717) is 17.8 Å².